The number of fused-ring (bicyclic) bond motifs is 1. The molecule has 0 radical (unpaired) electrons. The van der Waals surface area contributed by atoms with E-state index in [9.17, 15) is 0 Å². The molecule has 1 N–H and O–H groups in total. The van der Waals surface area contributed by atoms with Gasteiger partial charge in [0.25, 0.3) is 0 Å². The number of hydrogen-bond acceptors (Lipinski definition) is 5. The van der Waals surface area contributed by atoms with Crippen molar-refractivity contribution >= 4 is 44.7 Å². The molecule has 4 rings (SSSR count). The van der Waals surface area contributed by atoms with Crippen molar-refractivity contribution in [2.45, 2.75) is 6.92 Å². The summed E-state index contributed by atoms with van der Waals surface area (Å²) in [6.45, 7) is 2.08. The van der Waals surface area contributed by atoms with Crippen LogP contribution < -0.4 is 10.1 Å². The number of nitrogens with one attached hydrogen (secondary N) is 1. The van der Waals surface area contributed by atoms with Gasteiger partial charge in [-0.05, 0) is 30.7 Å². The number of aromatic nitrogens is 2. The molecule has 0 aliphatic rings. The lowest BCUT2D eigenvalue weighted by atomic mass is 10.0. The van der Waals surface area contributed by atoms with Gasteiger partial charge in [-0.25, -0.2) is 9.97 Å². The lowest BCUT2D eigenvalue weighted by molar-refractivity contribution is 0.417. The molecule has 2 aromatic heterocycles. The standard InChI is InChI=1S/C20H16ClN3OS/c1-12-3-5-13(6-4-12)15-10-26-20-18(15)19(22-11-23-20)24-16-9-14(21)7-8-17(16)25-2/h3-11H,1-2H3,(H,22,23,24). The monoisotopic (exact) mass is 381 g/mol. The molecule has 4 nitrogen and oxygen atoms in total. The van der Waals surface area contributed by atoms with Crippen LogP contribution in [0.15, 0.2) is 54.2 Å². The zero-order valence-electron chi connectivity index (χ0n) is 14.3. The maximum Gasteiger partial charge on any atom is 0.143 e. The van der Waals surface area contributed by atoms with Gasteiger partial charge in [0, 0.05) is 16.0 Å². The molecule has 0 saturated heterocycles. The van der Waals surface area contributed by atoms with E-state index in [1.165, 1.54) is 5.56 Å². The van der Waals surface area contributed by atoms with Gasteiger partial charge in [-0.2, -0.15) is 0 Å². The Balaban J connectivity index is 1.85. The van der Waals surface area contributed by atoms with Crippen LogP contribution >= 0.6 is 22.9 Å². The van der Waals surface area contributed by atoms with Gasteiger partial charge < -0.3 is 10.1 Å². The molecule has 0 spiro atoms. The Morgan fingerprint density at radius 1 is 1.08 bits per heavy atom. The van der Waals surface area contributed by atoms with Crippen LogP contribution in [0.5, 0.6) is 5.75 Å². The van der Waals surface area contributed by atoms with Crippen molar-refractivity contribution < 1.29 is 4.74 Å². The third kappa shape index (κ3) is 3.11. The number of hydrogen-bond donors (Lipinski definition) is 1. The number of ether oxygens (including phenoxy) is 1. The number of benzene rings is 2. The molecule has 26 heavy (non-hydrogen) atoms. The maximum atomic E-state index is 6.15. The summed E-state index contributed by atoms with van der Waals surface area (Å²) in [7, 11) is 1.63. The molecule has 0 aliphatic heterocycles. The summed E-state index contributed by atoms with van der Waals surface area (Å²) in [5.74, 6) is 1.43. The van der Waals surface area contributed by atoms with Crippen molar-refractivity contribution in [2.75, 3.05) is 12.4 Å². The SMILES string of the molecule is COc1ccc(Cl)cc1Nc1ncnc2scc(-c3ccc(C)cc3)c12. The van der Waals surface area contributed by atoms with E-state index in [2.05, 4.69) is 51.9 Å². The number of halogens is 1. The van der Waals surface area contributed by atoms with Crippen LogP contribution in [-0.2, 0) is 0 Å². The third-order valence-electron chi connectivity index (χ3n) is 4.15. The normalized spacial score (nSPS) is 10.9. The number of aryl methyl sites for hydroxylation is 1. The Morgan fingerprint density at radius 3 is 2.65 bits per heavy atom. The maximum absolute atomic E-state index is 6.15. The summed E-state index contributed by atoms with van der Waals surface area (Å²) in [6, 6.07) is 13.9. The Kier molecular flexibility index (Phi) is 4.49. The molecule has 0 amide bonds. The van der Waals surface area contributed by atoms with E-state index in [1.807, 2.05) is 12.1 Å². The van der Waals surface area contributed by atoms with Gasteiger partial charge in [-0.3, -0.25) is 0 Å². The summed E-state index contributed by atoms with van der Waals surface area (Å²) in [6.07, 6.45) is 1.57. The zero-order valence-corrected chi connectivity index (χ0v) is 15.9. The first kappa shape index (κ1) is 16.8. The van der Waals surface area contributed by atoms with Gasteiger partial charge in [0.1, 0.15) is 22.7 Å². The first-order valence-corrected chi connectivity index (χ1v) is 9.31. The second-order valence-corrected chi connectivity index (χ2v) is 7.18. The molecular weight excluding hydrogens is 366 g/mol. The number of anilines is 2. The molecule has 0 aliphatic carbocycles. The first-order valence-electron chi connectivity index (χ1n) is 8.05. The van der Waals surface area contributed by atoms with Crippen LogP contribution in [-0.4, -0.2) is 17.1 Å². The smallest absolute Gasteiger partial charge is 0.143 e. The van der Waals surface area contributed by atoms with Gasteiger partial charge in [0.05, 0.1) is 18.2 Å². The van der Waals surface area contributed by atoms with Crippen molar-refractivity contribution in [3.63, 3.8) is 0 Å². The van der Waals surface area contributed by atoms with Crippen LogP contribution in [0.25, 0.3) is 21.3 Å². The Hall–Kier alpha value is -2.63. The molecule has 0 bridgehead atoms. The lowest BCUT2D eigenvalue weighted by Gasteiger charge is -2.12. The fourth-order valence-corrected chi connectivity index (χ4v) is 3.91. The molecule has 2 aromatic carbocycles. The van der Waals surface area contributed by atoms with Crippen LogP contribution in [0.4, 0.5) is 11.5 Å². The Labute approximate surface area is 160 Å². The van der Waals surface area contributed by atoms with Crippen LogP contribution in [0, 0.1) is 6.92 Å². The summed E-state index contributed by atoms with van der Waals surface area (Å²) in [5.41, 5.74) is 4.24. The summed E-state index contributed by atoms with van der Waals surface area (Å²) in [5, 5.41) is 7.09. The second-order valence-electron chi connectivity index (χ2n) is 5.89. The molecule has 0 saturated carbocycles. The minimum absolute atomic E-state index is 0.627. The number of nitrogens with zero attached hydrogens (tertiary/aromatic N) is 2. The average Bonchev–Trinajstić information content (AvgIpc) is 3.08. The van der Waals surface area contributed by atoms with Crippen LogP contribution in [0.3, 0.4) is 0 Å². The van der Waals surface area contributed by atoms with Crippen LogP contribution in [0.2, 0.25) is 5.02 Å². The van der Waals surface area contributed by atoms with E-state index in [0.29, 0.717) is 10.8 Å². The molecule has 4 aromatic rings. The van der Waals surface area contributed by atoms with Gasteiger partial charge in [0.15, 0.2) is 0 Å². The third-order valence-corrected chi connectivity index (χ3v) is 5.27. The predicted octanol–water partition coefficient (Wildman–Crippen LogP) is 6.07. The van der Waals surface area contributed by atoms with Gasteiger partial charge >= 0.3 is 0 Å². The van der Waals surface area contributed by atoms with Gasteiger partial charge in [-0.15, -0.1) is 11.3 Å². The first-order chi connectivity index (χ1) is 12.7. The van der Waals surface area contributed by atoms with Crippen molar-refractivity contribution in [3.05, 3.63) is 64.8 Å². The van der Waals surface area contributed by atoms with E-state index in [4.69, 9.17) is 16.3 Å². The molecular formula is C20H16ClN3OS. The summed E-state index contributed by atoms with van der Waals surface area (Å²) >= 11 is 7.76. The van der Waals surface area contributed by atoms with E-state index < -0.39 is 0 Å². The van der Waals surface area contributed by atoms with Gasteiger partial charge in [0.2, 0.25) is 0 Å². The zero-order chi connectivity index (χ0) is 18.1. The quantitative estimate of drug-likeness (QED) is 0.466. The highest BCUT2D eigenvalue weighted by Crippen LogP contribution is 2.39. The molecule has 0 fully saturated rings. The van der Waals surface area contributed by atoms with E-state index in [0.717, 1.165) is 32.8 Å². The fourth-order valence-electron chi connectivity index (χ4n) is 2.82. The van der Waals surface area contributed by atoms with Gasteiger partial charge in [-0.1, -0.05) is 41.4 Å². The number of rotatable bonds is 4. The highest BCUT2D eigenvalue weighted by Gasteiger charge is 2.15. The number of methoxy groups -OCH3 is 1. The minimum atomic E-state index is 0.627. The van der Waals surface area contributed by atoms with E-state index in [-0.39, 0.29) is 0 Å². The van der Waals surface area contributed by atoms with Crippen molar-refractivity contribution in [1.82, 2.24) is 9.97 Å². The van der Waals surface area contributed by atoms with E-state index >= 15 is 0 Å². The summed E-state index contributed by atoms with van der Waals surface area (Å²) in [4.78, 5) is 9.82. The van der Waals surface area contributed by atoms with Crippen molar-refractivity contribution in [2.24, 2.45) is 0 Å². The highest BCUT2D eigenvalue weighted by molar-refractivity contribution is 7.17. The fraction of sp³-hybridized carbons (Fsp3) is 0.100. The summed E-state index contributed by atoms with van der Waals surface area (Å²) < 4.78 is 5.43. The second kappa shape index (κ2) is 6.94. The topological polar surface area (TPSA) is 47.0 Å². The van der Waals surface area contributed by atoms with Crippen molar-refractivity contribution in [3.8, 4) is 16.9 Å². The minimum Gasteiger partial charge on any atom is -0.495 e. The lowest BCUT2D eigenvalue weighted by Crippen LogP contribution is -1.98. The Bertz CT molecular complexity index is 1080. The molecule has 130 valence electrons. The van der Waals surface area contributed by atoms with Crippen LogP contribution in [0.1, 0.15) is 5.56 Å². The Morgan fingerprint density at radius 2 is 1.88 bits per heavy atom. The average molecular weight is 382 g/mol. The molecule has 0 atom stereocenters. The van der Waals surface area contributed by atoms with Crippen molar-refractivity contribution in [1.29, 1.82) is 0 Å². The molecule has 0 unspecified atom stereocenters. The predicted molar refractivity (Wildman–Crippen MR) is 109 cm³/mol. The number of thiophene rings is 1. The highest BCUT2D eigenvalue weighted by atomic mass is 35.5. The largest absolute Gasteiger partial charge is 0.495 e. The molecule has 6 heteroatoms. The molecule has 2 heterocycles. The van der Waals surface area contributed by atoms with E-state index in [1.54, 1.807) is 30.8 Å².